The van der Waals surface area contributed by atoms with Gasteiger partial charge in [0.15, 0.2) is 11.6 Å². The summed E-state index contributed by atoms with van der Waals surface area (Å²) in [5, 5.41) is 2.31. The predicted octanol–water partition coefficient (Wildman–Crippen LogP) is 2.97. The van der Waals surface area contributed by atoms with E-state index < -0.39 is 47.9 Å². The number of halogens is 3. The van der Waals surface area contributed by atoms with Gasteiger partial charge < -0.3 is 14.8 Å². The Morgan fingerprint density at radius 1 is 1.12 bits per heavy atom. The van der Waals surface area contributed by atoms with Crippen LogP contribution < -0.4 is 10.1 Å². The normalized spacial score (nSPS) is 11.6. The number of Topliss-reactive ketones (excluding diaryl/α,β-unsaturated/α-hetero) is 2. The molecule has 0 spiro atoms. The first-order valence-corrected chi connectivity index (χ1v) is 9.05. The van der Waals surface area contributed by atoms with Crippen LogP contribution in [0.1, 0.15) is 23.7 Å². The number of amides is 1. The summed E-state index contributed by atoms with van der Waals surface area (Å²) in [6.45, 7) is 7.74. The summed E-state index contributed by atoms with van der Waals surface area (Å²) >= 11 is 0. The summed E-state index contributed by atoms with van der Waals surface area (Å²) in [6, 6.07) is 4.72. The van der Waals surface area contributed by atoms with Crippen LogP contribution in [-0.2, 0) is 19.1 Å². The second-order valence-electron chi connectivity index (χ2n) is 6.41. The van der Waals surface area contributed by atoms with E-state index in [1.54, 1.807) is 0 Å². The standard InChI is InChI=1S/C21H20F3NO7/c1-4-16(26)15(18(28)21(22,23)24)11-17(27)13-5-7-14(8-6-13)32-20(30)25-9-10-31-19(29)12(2)3/h4-8,15H,1-2,9-11H2,3H3,(H,25,30). The number of allylic oxidation sites excluding steroid dienone is 1. The van der Waals surface area contributed by atoms with Crippen LogP contribution >= 0.6 is 0 Å². The topological polar surface area (TPSA) is 116 Å². The van der Waals surface area contributed by atoms with E-state index >= 15 is 0 Å². The Morgan fingerprint density at radius 2 is 1.72 bits per heavy atom. The van der Waals surface area contributed by atoms with E-state index in [0.29, 0.717) is 6.08 Å². The highest BCUT2D eigenvalue weighted by atomic mass is 19.4. The van der Waals surface area contributed by atoms with Crippen molar-refractivity contribution in [2.24, 2.45) is 5.92 Å². The highest BCUT2D eigenvalue weighted by Gasteiger charge is 2.46. The summed E-state index contributed by atoms with van der Waals surface area (Å²) in [5.74, 6) is -7.27. The second kappa shape index (κ2) is 11.6. The number of rotatable bonds is 11. The van der Waals surface area contributed by atoms with Gasteiger partial charge in [0.1, 0.15) is 12.4 Å². The molecule has 0 bridgehead atoms. The van der Waals surface area contributed by atoms with Crippen LogP contribution in [0.25, 0.3) is 0 Å². The summed E-state index contributed by atoms with van der Waals surface area (Å²) in [7, 11) is 0. The molecule has 0 saturated heterocycles. The van der Waals surface area contributed by atoms with Gasteiger partial charge in [-0.05, 0) is 37.3 Å². The molecule has 11 heteroatoms. The van der Waals surface area contributed by atoms with Gasteiger partial charge in [0.25, 0.3) is 0 Å². The number of ketones is 3. The second-order valence-corrected chi connectivity index (χ2v) is 6.41. The van der Waals surface area contributed by atoms with E-state index in [4.69, 9.17) is 9.47 Å². The number of carbonyl (C=O) groups is 5. The third-order valence-electron chi connectivity index (χ3n) is 3.87. The van der Waals surface area contributed by atoms with Gasteiger partial charge in [0.2, 0.25) is 5.78 Å². The Kier molecular flexibility index (Phi) is 9.51. The molecule has 0 aliphatic carbocycles. The van der Waals surface area contributed by atoms with Crippen LogP contribution in [0.5, 0.6) is 5.75 Å². The van der Waals surface area contributed by atoms with Crippen LogP contribution in [0.3, 0.4) is 0 Å². The number of nitrogens with one attached hydrogen (secondary N) is 1. The Hall–Kier alpha value is -3.76. The molecule has 1 amide bonds. The molecule has 1 rings (SSSR count). The zero-order chi connectivity index (χ0) is 24.5. The number of benzene rings is 1. The van der Waals surface area contributed by atoms with E-state index in [-0.39, 0.29) is 30.0 Å². The Bertz CT molecular complexity index is 920. The molecule has 1 aromatic carbocycles. The van der Waals surface area contributed by atoms with Crippen molar-refractivity contribution in [2.75, 3.05) is 13.2 Å². The predicted molar refractivity (Wildman–Crippen MR) is 105 cm³/mol. The van der Waals surface area contributed by atoms with Crippen LogP contribution in [0.2, 0.25) is 0 Å². The average molecular weight is 455 g/mol. The smallest absolute Gasteiger partial charge is 0.450 e. The van der Waals surface area contributed by atoms with Crippen LogP contribution in [0.4, 0.5) is 18.0 Å². The third kappa shape index (κ3) is 8.17. The van der Waals surface area contributed by atoms with Gasteiger partial charge in [-0.25, -0.2) is 9.59 Å². The lowest BCUT2D eigenvalue weighted by molar-refractivity contribution is -0.176. The molecule has 0 heterocycles. The van der Waals surface area contributed by atoms with Crippen molar-refractivity contribution >= 4 is 29.4 Å². The van der Waals surface area contributed by atoms with Gasteiger partial charge >= 0.3 is 18.2 Å². The zero-order valence-corrected chi connectivity index (χ0v) is 17.0. The molecule has 32 heavy (non-hydrogen) atoms. The lowest BCUT2D eigenvalue weighted by Gasteiger charge is -2.14. The maximum atomic E-state index is 12.7. The van der Waals surface area contributed by atoms with Crippen LogP contribution in [0, 0.1) is 5.92 Å². The number of carbonyl (C=O) groups excluding carboxylic acids is 5. The minimum atomic E-state index is -5.28. The number of ether oxygens (including phenoxy) is 2. The quantitative estimate of drug-likeness (QED) is 0.179. The van der Waals surface area contributed by atoms with Crippen molar-refractivity contribution in [1.82, 2.24) is 5.32 Å². The lowest BCUT2D eigenvalue weighted by Crippen LogP contribution is -2.36. The number of alkyl halides is 3. The Balaban J connectivity index is 2.67. The largest absolute Gasteiger partial charge is 0.460 e. The first kappa shape index (κ1) is 26.3. The molecule has 0 aromatic heterocycles. The van der Waals surface area contributed by atoms with Crippen molar-refractivity contribution in [3.05, 3.63) is 54.6 Å². The van der Waals surface area contributed by atoms with Gasteiger partial charge in [-0.15, -0.1) is 0 Å². The Labute approximate surface area is 181 Å². The van der Waals surface area contributed by atoms with Gasteiger partial charge in [0, 0.05) is 17.6 Å². The van der Waals surface area contributed by atoms with Crippen molar-refractivity contribution in [1.29, 1.82) is 0 Å². The molecule has 0 aliphatic rings. The van der Waals surface area contributed by atoms with Crippen LogP contribution in [-0.4, -0.2) is 48.7 Å². The summed E-state index contributed by atoms with van der Waals surface area (Å²) < 4.78 is 47.7. The lowest BCUT2D eigenvalue weighted by atomic mass is 9.90. The van der Waals surface area contributed by atoms with E-state index in [9.17, 15) is 37.1 Å². The molecule has 1 atom stereocenters. The summed E-state index contributed by atoms with van der Waals surface area (Å²) in [4.78, 5) is 58.2. The number of hydrogen-bond acceptors (Lipinski definition) is 7. The van der Waals surface area contributed by atoms with E-state index in [2.05, 4.69) is 18.5 Å². The molecule has 172 valence electrons. The zero-order valence-electron chi connectivity index (χ0n) is 17.0. The third-order valence-corrected chi connectivity index (χ3v) is 3.87. The average Bonchev–Trinajstić information content (AvgIpc) is 2.73. The van der Waals surface area contributed by atoms with E-state index in [1.165, 1.54) is 19.1 Å². The SMILES string of the molecule is C=CC(=O)C(CC(=O)c1ccc(OC(=O)NCCOC(=O)C(=C)C)cc1)C(=O)C(F)(F)F. The van der Waals surface area contributed by atoms with E-state index in [0.717, 1.165) is 12.1 Å². The number of esters is 1. The fourth-order valence-electron chi connectivity index (χ4n) is 2.24. The fraction of sp³-hybridized carbons (Fsp3) is 0.286. The molecule has 1 aromatic rings. The summed E-state index contributed by atoms with van der Waals surface area (Å²) in [5.41, 5.74) is 0.103. The number of hydrogen-bond donors (Lipinski definition) is 1. The van der Waals surface area contributed by atoms with Crippen molar-refractivity contribution in [3.63, 3.8) is 0 Å². The molecule has 0 aliphatic heterocycles. The van der Waals surface area contributed by atoms with Gasteiger partial charge in [-0.2, -0.15) is 13.2 Å². The fourth-order valence-corrected chi connectivity index (χ4v) is 2.24. The van der Waals surface area contributed by atoms with Gasteiger partial charge in [-0.1, -0.05) is 13.2 Å². The minimum Gasteiger partial charge on any atom is -0.460 e. The first-order chi connectivity index (χ1) is 14.9. The molecule has 1 unspecified atom stereocenters. The van der Waals surface area contributed by atoms with Crippen molar-refractivity contribution in [3.8, 4) is 5.75 Å². The maximum absolute atomic E-state index is 12.7. The van der Waals surface area contributed by atoms with E-state index in [1.807, 2.05) is 0 Å². The Morgan fingerprint density at radius 3 is 2.22 bits per heavy atom. The molecule has 0 radical (unpaired) electrons. The van der Waals surface area contributed by atoms with Crippen molar-refractivity contribution < 1.29 is 46.6 Å². The molecule has 0 saturated carbocycles. The van der Waals surface area contributed by atoms with Crippen molar-refractivity contribution in [2.45, 2.75) is 19.5 Å². The molecule has 0 fully saturated rings. The molecular weight excluding hydrogens is 435 g/mol. The highest BCUT2D eigenvalue weighted by Crippen LogP contribution is 2.25. The molecule has 1 N–H and O–H groups in total. The van der Waals surface area contributed by atoms with Gasteiger partial charge in [0.05, 0.1) is 12.5 Å². The van der Waals surface area contributed by atoms with Gasteiger partial charge in [-0.3, -0.25) is 14.4 Å². The van der Waals surface area contributed by atoms with Crippen LogP contribution in [0.15, 0.2) is 49.1 Å². The summed E-state index contributed by atoms with van der Waals surface area (Å²) in [6.07, 6.45) is -6.61. The minimum absolute atomic E-state index is 0.00284. The highest BCUT2D eigenvalue weighted by molar-refractivity contribution is 6.12. The molecule has 8 nitrogen and oxygen atoms in total. The maximum Gasteiger partial charge on any atom is 0.450 e. The molecular formula is C21H20F3NO7. The monoisotopic (exact) mass is 455 g/mol. The first-order valence-electron chi connectivity index (χ1n) is 9.05.